The molecule has 1 heterocycles. The van der Waals surface area contributed by atoms with Crippen LogP contribution in [0.25, 0.3) is 0 Å². The van der Waals surface area contributed by atoms with Gasteiger partial charge in [0.05, 0.1) is 5.56 Å². The molecule has 0 bridgehead atoms. The molecule has 0 aromatic carbocycles. The summed E-state index contributed by atoms with van der Waals surface area (Å²) >= 11 is 0. The van der Waals surface area contributed by atoms with Gasteiger partial charge in [-0.3, -0.25) is 0 Å². The highest BCUT2D eigenvalue weighted by atomic mass is 16.4. The van der Waals surface area contributed by atoms with Crippen molar-refractivity contribution in [1.82, 2.24) is 0 Å². The Balaban J connectivity index is 3.31. The number of carboxylic acids is 1. The molecule has 0 amide bonds. The average Bonchev–Trinajstić information content (AvgIpc) is 1.85. The van der Waals surface area contributed by atoms with Crippen LogP contribution < -0.4 is 5.63 Å². The first-order valence-corrected chi connectivity index (χ1v) is 2.95. The van der Waals surface area contributed by atoms with E-state index in [0.717, 1.165) is 6.07 Å². The summed E-state index contributed by atoms with van der Waals surface area (Å²) < 4.78 is 4.53. The zero-order chi connectivity index (χ0) is 8.43. The minimum absolute atomic E-state index is 0.0181. The van der Waals surface area contributed by atoms with E-state index < -0.39 is 11.6 Å². The first kappa shape index (κ1) is 7.53. The van der Waals surface area contributed by atoms with Crippen molar-refractivity contribution in [2.24, 2.45) is 0 Å². The number of carboxylic acid groups (broad SMARTS) is 1. The van der Waals surface area contributed by atoms with Gasteiger partial charge in [-0.25, -0.2) is 9.59 Å². The first-order valence-electron chi connectivity index (χ1n) is 2.95. The molecule has 4 heteroatoms. The lowest BCUT2D eigenvalue weighted by Gasteiger charge is -1.95. The van der Waals surface area contributed by atoms with Gasteiger partial charge in [0.15, 0.2) is 0 Å². The molecule has 0 fully saturated rings. The lowest BCUT2D eigenvalue weighted by Crippen LogP contribution is -2.05. The molecule has 0 aliphatic heterocycles. The van der Waals surface area contributed by atoms with Crippen molar-refractivity contribution in [3.63, 3.8) is 0 Å². The van der Waals surface area contributed by atoms with Crippen LogP contribution in [0.4, 0.5) is 0 Å². The molecule has 58 valence electrons. The summed E-state index contributed by atoms with van der Waals surface area (Å²) in [5, 5.41) is 8.49. The van der Waals surface area contributed by atoms with Crippen LogP contribution in [-0.2, 0) is 0 Å². The number of hydrogen-bond acceptors (Lipinski definition) is 3. The predicted octanol–water partition coefficient (Wildman–Crippen LogP) is 0.646. The Hall–Kier alpha value is -1.58. The SMILES string of the molecule is Cc1oc(=O)ccc1C(=O)O. The zero-order valence-corrected chi connectivity index (χ0v) is 5.83. The molecule has 0 saturated heterocycles. The van der Waals surface area contributed by atoms with Gasteiger partial charge in [0, 0.05) is 6.07 Å². The number of rotatable bonds is 1. The maximum atomic E-state index is 10.5. The van der Waals surface area contributed by atoms with Crippen molar-refractivity contribution in [1.29, 1.82) is 0 Å². The number of aryl methyl sites for hydroxylation is 1. The topological polar surface area (TPSA) is 67.5 Å². The van der Waals surface area contributed by atoms with Gasteiger partial charge in [0.1, 0.15) is 5.76 Å². The lowest BCUT2D eigenvalue weighted by atomic mass is 10.2. The largest absolute Gasteiger partial charge is 0.478 e. The summed E-state index contributed by atoms with van der Waals surface area (Å²) in [4.78, 5) is 20.9. The van der Waals surface area contributed by atoms with Gasteiger partial charge in [-0.05, 0) is 13.0 Å². The van der Waals surface area contributed by atoms with Crippen LogP contribution in [0.3, 0.4) is 0 Å². The Labute approximate surface area is 62.1 Å². The van der Waals surface area contributed by atoms with Crippen molar-refractivity contribution in [2.45, 2.75) is 6.92 Å². The summed E-state index contributed by atoms with van der Waals surface area (Å²) in [5.41, 5.74) is -0.517. The fourth-order valence-corrected chi connectivity index (χ4v) is 0.730. The van der Waals surface area contributed by atoms with E-state index in [0.29, 0.717) is 0 Å². The van der Waals surface area contributed by atoms with Gasteiger partial charge in [0.25, 0.3) is 0 Å². The van der Waals surface area contributed by atoms with Crippen molar-refractivity contribution in [3.8, 4) is 0 Å². The molecular weight excluding hydrogens is 148 g/mol. The van der Waals surface area contributed by atoms with Crippen LogP contribution in [-0.4, -0.2) is 11.1 Å². The van der Waals surface area contributed by atoms with Crippen LogP contribution in [0.2, 0.25) is 0 Å². The molecule has 0 saturated carbocycles. The highest BCUT2D eigenvalue weighted by Crippen LogP contribution is 2.02. The quantitative estimate of drug-likeness (QED) is 0.644. The molecule has 0 unspecified atom stereocenters. The van der Waals surface area contributed by atoms with E-state index in [9.17, 15) is 9.59 Å². The van der Waals surface area contributed by atoms with Crippen molar-refractivity contribution in [2.75, 3.05) is 0 Å². The van der Waals surface area contributed by atoms with Crippen molar-refractivity contribution >= 4 is 5.97 Å². The minimum atomic E-state index is -1.09. The van der Waals surface area contributed by atoms with Gasteiger partial charge in [-0.15, -0.1) is 0 Å². The fourth-order valence-electron chi connectivity index (χ4n) is 0.730. The molecule has 0 atom stereocenters. The predicted molar refractivity (Wildman–Crippen MR) is 36.7 cm³/mol. The van der Waals surface area contributed by atoms with Gasteiger partial charge < -0.3 is 9.52 Å². The molecule has 0 radical (unpaired) electrons. The summed E-state index contributed by atoms with van der Waals surface area (Å²) in [6, 6.07) is 2.31. The zero-order valence-electron chi connectivity index (χ0n) is 5.83. The highest BCUT2D eigenvalue weighted by molar-refractivity contribution is 5.88. The molecule has 11 heavy (non-hydrogen) atoms. The number of carbonyl (C=O) groups is 1. The molecule has 1 N–H and O–H groups in total. The van der Waals surface area contributed by atoms with Crippen LogP contribution in [0, 0.1) is 6.92 Å². The Kier molecular flexibility index (Phi) is 1.76. The monoisotopic (exact) mass is 154 g/mol. The summed E-state index contributed by atoms with van der Waals surface area (Å²) in [7, 11) is 0. The fraction of sp³-hybridized carbons (Fsp3) is 0.143. The Morgan fingerprint density at radius 1 is 1.55 bits per heavy atom. The van der Waals surface area contributed by atoms with E-state index >= 15 is 0 Å². The first-order chi connectivity index (χ1) is 5.11. The lowest BCUT2D eigenvalue weighted by molar-refractivity contribution is 0.0692. The highest BCUT2D eigenvalue weighted by Gasteiger charge is 2.07. The van der Waals surface area contributed by atoms with Crippen molar-refractivity contribution in [3.05, 3.63) is 33.9 Å². The second kappa shape index (κ2) is 2.57. The van der Waals surface area contributed by atoms with E-state index in [2.05, 4.69) is 4.42 Å². The van der Waals surface area contributed by atoms with Crippen LogP contribution in [0.15, 0.2) is 21.3 Å². The van der Waals surface area contributed by atoms with Gasteiger partial charge in [-0.2, -0.15) is 0 Å². The van der Waals surface area contributed by atoms with E-state index in [1.54, 1.807) is 0 Å². The molecule has 0 spiro atoms. The van der Waals surface area contributed by atoms with Crippen LogP contribution in [0.5, 0.6) is 0 Å². The average molecular weight is 154 g/mol. The van der Waals surface area contributed by atoms with Crippen molar-refractivity contribution < 1.29 is 14.3 Å². The Bertz CT molecular complexity index is 337. The molecule has 1 rings (SSSR count). The normalized spacial score (nSPS) is 9.55. The minimum Gasteiger partial charge on any atom is -0.478 e. The standard InChI is InChI=1S/C7H6O4/c1-4-5(7(9)10)2-3-6(8)11-4/h2-3H,1H3,(H,9,10). The third-order valence-electron chi connectivity index (χ3n) is 1.25. The van der Waals surface area contributed by atoms with E-state index in [1.165, 1.54) is 13.0 Å². The molecule has 1 aromatic rings. The van der Waals surface area contributed by atoms with Crippen LogP contribution in [0.1, 0.15) is 16.1 Å². The second-order valence-electron chi connectivity index (χ2n) is 2.03. The van der Waals surface area contributed by atoms with Crippen LogP contribution >= 0.6 is 0 Å². The summed E-state index contributed by atoms with van der Waals surface area (Å²) in [5.74, 6) is -0.962. The Morgan fingerprint density at radius 3 is 2.64 bits per heavy atom. The van der Waals surface area contributed by atoms with E-state index in [1.807, 2.05) is 0 Å². The van der Waals surface area contributed by atoms with Gasteiger partial charge >= 0.3 is 11.6 Å². The molecule has 0 aliphatic rings. The van der Waals surface area contributed by atoms with E-state index in [4.69, 9.17) is 5.11 Å². The number of hydrogen-bond donors (Lipinski definition) is 1. The maximum Gasteiger partial charge on any atom is 0.339 e. The maximum absolute atomic E-state index is 10.5. The third-order valence-corrected chi connectivity index (χ3v) is 1.25. The molecular formula is C7H6O4. The Morgan fingerprint density at radius 2 is 2.18 bits per heavy atom. The third kappa shape index (κ3) is 1.46. The molecule has 1 aromatic heterocycles. The van der Waals surface area contributed by atoms with Gasteiger partial charge in [0.2, 0.25) is 0 Å². The second-order valence-corrected chi connectivity index (χ2v) is 2.03. The molecule has 4 nitrogen and oxygen atoms in total. The summed E-state index contributed by atoms with van der Waals surface area (Å²) in [6.45, 7) is 1.44. The van der Waals surface area contributed by atoms with E-state index in [-0.39, 0.29) is 11.3 Å². The summed E-state index contributed by atoms with van der Waals surface area (Å²) in [6.07, 6.45) is 0. The smallest absolute Gasteiger partial charge is 0.339 e. The number of aromatic carboxylic acids is 1. The van der Waals surface area contributed by atoms with Gasteiger partial charge in [-0.1, -0.05) is 0 Å². The molecule has 0 aliphatic carbocycles.